The molecular formula is C17H10Cl2N2O2. The van der Waals surface area contributed by atoms with Gasteiger partial charge in [0.2, 0.25) is 0 Å². The van der Waals surface area contributed by atoms with Crippen molar-refractivity contribution in [3.05, 3.63) is 64.4 Å². The summed E-state index contributed by atoms with van der Waals surface area (Å²) in [4.78, 5) is 19.5. The van der Waals surface area contributed by atoms with Gasteiger partial charge in [0.05, 0.1) is 11.2 Å². The van der Waals surface area contributed by atoms with Crippen LogP contribution < -0.4 is 0 Å². The fourth-order valence-corrected chi connectivity index (χ4v) is 2.59. The predicted octanol–water partition coefficient (Wildman–Crippen LogP) is 4.70. The number of fused-ring (bicyclic) bond motifs is 1. The van der Waals surface area contributed by atoms with Crippen molar-refractivity contribution in [2.75, 3.05) is 0 Å². The summed E-state index contributed by atoms with van der Waals surface area (Å²) in [6, 6.07) is 12.5. The summed E-state index contributed by atoms with van der Waals surface area (Å²) in [5.74, 6) is -0.777. The largest absolute Gasteiger partial charge is 0.478 e. The van der Waals surface area contributed by atoms with E-state index in [0.717, 1.165) is 17.0 Å². The van der Waals surface area contributed by atoms with E-state index in [0.29, 0.717) is 21.3 Å². The van der Waals surface area contributed by atoms with Gasteiger partial charge in [-0.3, -0.25) is 0 Å². The molecule has 4 nitrogen and oxygen atoms in total. The molecule has 2 aromatic carbocycles. The van der Waals surface area contributed by atoms with Crippen LogP contribution in [0.15, 0.2) is 48.5 Å². The number of carboxylic acid groups (broad SMARTS) is 1. The lowest BCUT2D eigenvalue weighted by Crippen LogP contribution is -1.96. The molecule has 0 saturated heterocycles. The summed E-state index contributed by atoms with van der Waals surface area (Å²) in [5, 5.41) is 10.6. The van der Waals surface area contributed by atoms with Crippen LogP contribution in [0.25, 0.3) is 28.2 Å². The van der Waals surface area contributed by atoms with Crippen molar-refractivity contribution in [3.63, 3.8) is 0 Å². The highest BCUT2D eigenvalue weighted by Crippen LogP contribution is 2.32. The van der Waals surface area contributed by atoms with Crippen molar-refractivity contribution >= 4 is 46.2 Å². The standard InChI is InChI=1S/C17H10Cl2N2O2/c18-10-5-6-14-12(9-10)17(11-3-1-2-4-13(11)19)21-15(20-14)7-8-16(22)23/h1-9H,(H,22,23)/b8-7+. The van der Waals surface area contributed by atoms with Crippen LogP contribution in [0, 0.1) is 0 Å². The average molecular weight is 345 g/mol. The molecule has 0 saturated carbocycles. The highest BCUT2D eigenvalue weighted by molar-refractivity contribution is 6.34. The highest BCUT2D eigenvalue weighted by Gasteiger charge is 2.12. The number of carboxylic acids is 1. The Kier molecular flexibility index (Phi) is 4.28. The summed E-state index contributed by atoms with van der Waals surface area (Å²) < 4.78 is 0. The molecule has 0 aliphatic carbocycles. The first-order valence-corrected chi connectivity index (χ1v) is 7.43. The van der Waals surface area contributed by atoms with Gasteiger partial charge in [0.1, 0.15) is 0 Å². The van der Waals surface area contributed by atoms with E-state index in [2.05, 4.69) is 9.97 Å². The number of rotatable bonds is 3. The average Bonchev–Trinajstić information content (AvgIpc) is 2.53. The molecule has 0 radical (unpaired) electrons. The molecule has 0 fully saturated rings. The highest BCUT2D eigenvalue weighted by atomic mass is 35.5. The lowest BCUT2D eigenvalue weighted by atomic mass is 10.1. The molecule has 0 atom stereocenters. The second-order valence-electron chi connectivity index (χ2n) is 4.74. The van der Waals surface area contributed by atoms with Crippen molar-refractivity contribution in [2.24, 2.45) is 0 Å². The Morgan fingerprint density at radius 3 is 2.61 bits per heavy atom. The van der Waals surface area contributed by atoms with E-state index in [9.17, 15) is 4.79 Å². The van der Waals surface area contributed by atoms with Gasteiger partial charge in [0, 0.05) is 27.1 Å². The second-order valence-corrected chi connectivity index (χ2v) is 5.59. The number of hydrogen-bond donors (Lipinski definition) is 1. The number of nitrogens with zero attached hydrogens (tertiary/aromatic N) is 2. The van der Waals surface area contributed by atoms with Crippen molar-refractivity contribution in [2.45, 2.75) is 0 Å². The molecule has 1 heterocycles. The zero-order valence-corrected chi connectivity index (χ0v) is 13.2. The molecule has 0 amide bonds. The molecule has 1 aromatic heterocycles. The topological polar surface area (TPSA) is 63.1 Å². The van der Waals surface area contributed by atoms with E-state index >= 15 is 0 Å². The molecule has 1 N–H and O–H groups in total. The lowest BCUT2D eigenvalue weighted by molar-refractivity contribution is -0.131. The summed E-state index contributed by atoms with van der Waals surface area (Å²) in [6.07, 6.45) is 2.34. The Hall–Kier alpha value is -2.43. The maximum atomic E-state index is 10.7. The number of halogens is 2. The zero-order valence-electron chi connectivity index (χ0n) is 11.7. The molecule has 114 valence electrons. The number of carbonyl (C=O) groups is 1. The normalized spacial score (nSPS) is 11.2. The summed E-state index contributed by atoms with van der Waals surface area (Å²) in [7, 11) is 0. The molecule has 3 rings (SSSR count). The lowest BCUT2D eigenvalue weighted by Gasteiger charge is -2.09. The van der Waals surface area contributed by atoms with Gasteiger partial charge in [-0.05, 0) is 30.3 Å². The fraction of sp³-hybridized carbons (Fsp3) is 0. The summed E-state index contributed by atoms with van der Waals surface area (Å²) in [5.41, 5.74) is 1.99. The van der Waals surface area contributed by atoms with E-state index < -0.39 is 5.97 Å². The van der Waals surface area contributed by atoms with Gasteiger partial charge in [0.15, 0.2) is 5.82 Å². The molecule has 0 aliphatic heterocycles. The van der Waals surface area contributed by atoms with Crippen LogP contribution >= 0.6 is 23.2 Å². The van der Waals surface area contributed by atoms with Gasteiger partial charge in [-0.1, -0.05) is 41.4 Å². The van der Waals surface area contributed by atoms with Gasteiger partial charge in [-0.2, -0.15) is 0 Å². The second kappa shape index (κ2) is 6.36. The maximum Gasteiger partial charge on any atom is 0.328 e. The fourth-order valence-electron chi connectivity index (χ4n) is 2.20. The Labute approximate surface area is 142 Å². The Morgan fingerprint density at radius 1 is 1.09 bits per heavy atom. The van der Waals surface area contributed by atoms with Crippen molar-refractivity contribution in [1.82, 2.24) is 9.97 Å². The van der Waals surface area contributed by atoms with Crippen LogP contribution in [0.3, 0.4) is 0 Å². The monoisotopic (exact) mass is 344 g/mol. The SMILES string of the molecule is O=C(O)/C=C/c1nc(-c2ccccc2Cl)c2cc(Cl)ccc2n1. The quantitative estimate of drug-likeness (QED) is 0.699. The van der Waals surface area contributed by atoms with Crippen molar-refractivity contribution < 1.29 is 9.90 Å². The molecule has 6 heteroatoms. The Morgan fingerprint density at radius 2 is 1.87 bits per heavy atom. The first kappa shape index (κ1) is 15.5. The minimum absolute atomic E-state index is 0.289. The minimum Gasteiger partial charge on any atom is -0.478 e. The van der Waals surface area contributed by atoms with E-state index in [1.165, 1.54) is 6.08 Å². The molecular weight excluding hydrogens is 335 g/mol. The zero-order chi connectivity index (χ0) is 16.4. The van der Waals surface area contributed by atoms with Crippen LogP contribution in [0.1, 0.15) is 5.82 Å². The molecule has 3 aromatic rings. The van der Waals surface area contributed by atoms with Crippen LogP contribution in [-0.4, -0.2) is 21.0 Å². The van der Waals surface area contributed by atoms with Gasteiger partial charge >= 0.3 is 5.97 Å². The first-order valence-electron chi connectivity index (χ1n) is 6.68. The summed E-state index contributed by atoms with van der Waals surface area (Å²) in [6.45, 7) is 0. The van der Waals surface area contributed by atoms with Crippen LogP contribution in [-0.2, 0) is 4.79 Å². The predicted molar refractivity (Wildman–Crippen MR) is 91.7 cm³/mol. The van der Waals surface area contributed by atoms with Gasteiger partial charge in [0.25, 0.3) is 0 Å². The maximum absolute atomic E-state index is 10.7. The molecule has 0 bridgehead atoms. The number of aliphatic carboxylic acids is 1. The molecule has 0 aliphatic rings. The van der Waals surface area contributed by atoms with E-state index in [4.69, 9.17) is 28.3 Å². The summed E-state index contributed by atoms with van der Waals surface area (Å²) >= 11 is 12.4. The Bertz CT molecular complexity index is 939. The van der Waals surface area contributed by atoms with Crippen LogP contribution in [0.4, 0.5) is 0 Å². The number of aromatic nitrogens is 2. The molecule has 0 spiro atoms. The van der Waals surface area contributed by atoms with Crippen LogP contribution in [0.5, 0.6) is 0 Å². The third-order valence-corrected chi connectivity index (χ3v) is 3.74. The van der Waals surface area contributed by atoms with Gasteiger partial charge < -0.3 is 5.11 Å². The van der Waals surface area contributed by atoms with Crippen molar-refractivity contribution in [1.29, 1.82) is 0 Å². The van der Waals surface area contributed by atoms with E-state index in [1.54, 1.807) is 24.3 Å². The number of hydrogen-bond acceptors (Lipinski definition) is 3. The first-order chi connectivity index (χ1) is 11.0. The van der Waals surface area contributed by atoms with Crippen LogP contribution in [0.2, 0.25) is 10.0 Å². The van der Waals surface area contributed by atoms with Gasteiger partial charge in [-0.15, -0.1) is 0 Å². The smallest absolute Gasteiger partial charge is 0.328 e. The minimum atomic E-state index is -1.07. The van der Waals surface area contributed by atoms with E-state index in [1.807, 2.05) is 18.2 Å². The van der Waals surface area contributed by atoms with Crippen molar-refractivity contribution in [3.8, 4) is 11.3 Å². The Balaban J connectivity index is 2.30. The van der Waals surface area contributed by atoms with E-state index in [-0.39, 0.29) is 5.82 Å². The van der Waals surface area contributed by atoms with Gasteiger partial charge in [-0.25, -0.2) is 14.8 Å². The molecule has 0 unspecified atom stereocenters. The number of benzene rings is 2. The third kappa shape index (κ3) is 3.33. The molecule has 23 heavy (non-hydrogen) atoms. The third-order valence-electron chi connectivity index (χ3n) is 3.18.